The van der Waals surface area contributed by atoms with Gasteiger partial charge in [0.25, 0.3) is 5.56 Å². The van der Waals surface area contributed by atoms with E-state index >= 15 is 0 Å². The standard InChI is InChI=1S/C24H14F6N4O2/c25-23(26,27)14-5-2-6-15(12-14)34-21-17(8-3-9-31-21)20-19(22(34)35)18(32-33-20)11-13-4-1-7-16(10-13)36-24(28,29)30/h1-10,12H,11H2,(H,32,33). The lowest BCUT2D eigenvalue weighted by atomic mass is 10.1. The first-order chi connectivity index (χ1) is 17.0. The summed E-state index contributed by atoms with van der Waals surface area (Å²) < 4.78 is 82.9. The number of hydrogen-bond acceptors (Lipinski definition) is 4. The highest BCUT2D eigenvalue weighted by atomic mass is 19.4. The Morgan fingerprint density at radius 3 is 2.47 bits per heavy atom. The van der Waals surface area contributed by atoms with Crippen molar-refractivity contribution in [3.05, 3.63) is 94.0 Å². The van der Waals surface area contributed by atoms with Gasteiger partial charge in [-0.2, -0.15) is 18.3 Å². The molecule has 0 unspecified atom stereocenters. The topological polar surface area (TPSA) is 72.8 Å². The highest BCUT2D eigenvalue weighted by Crippen LogP contribution is 2.32. The number of benzene rings is 2. The molecule has 0 amide bonds. The zero-order chi connectivity index (χ0) is 25.7. The Kier molecular flexibility index (Phi) is 5.46. The minimum atomic E-state index is -4.87. The van der Waals surface area contributed by atoms with Crippen LogP contribution < -0.4 is 10.3 Å². The second-order valence-electron chi connectivity index (χ2n) is 7.86. The number of pyridine rings is 2. The number of ether oxygens (including phenoxy) is 1. The van der Waals surface area contributed by atoms with E-state index in [0.717, 1.165) is 22.8 Å². The summed E-state index contributed by atoms with van der Waals surface area (Å²) in [4.78, 5) is 17.8. The Bertz CT molecular complexity index is 1650. The first-order valence-electron chi connectivity index (χ1n) is 10.4. The van der Waals surface area contributed by atoms with Crippen molar-refractivity contribution >= 4 is 21.9 Å². The summed E-state index contributed by atoms with van der Waals surface area (Å²) in [6.45, 7) is 0. The van der Waals surface area contributed by atoms with Crippen molar-refractivity contribution in [3.63, 3.8) is 0 Å². The largest absolute Gasteiger partial charge is 0.573 e. The monoisotopic (exact) mass is 504 g/mol. The molecule has 0 saturated heterocycles. The SMILES string of the molecule is O=c1c2c(Cc3cccc(OC(F)(F)F)c3)n[nH]c2c2cccnc2n1-c1cccc(C(F)(F)F)c1. The lowest BCUT2D eigenvalue weighted by Crippen LogP contribution is -2.21. The van der Waals surface area contributed by atoms with Crippen molar-refractivity contribution in [2.24, 2.45) is 0 Å². The molecule has 184 valence electrons. The fourth-order valence-corrected chi connectivity index (χ4v) is 4.02. The van der Waals surface area contributed by atoms with E-state index in [4.69, 9.17) is 0 Å². The van der Waals surface area contributed by atoms with E-state index in [1.807, 2.05) is 0 Å². The van der Waals surface area contributed by atoms with E-state index in [9.17, 15) is 31.1 Å². The third-order valence-corrected chi connectivity index (χ3v) is 5.46. The number of rotatable bonds is 4. The minimum Gasteiger partial charge on any atom is -0.406 e. The van der Waals surface area contributed by atoms with Gasteiger partial charge in [0.05, 0.1) is 27.8 Å². The number of aromatic nitrogens is 4. The number of nitrogens with zero attached hydrogens (tertiary/aromatic N) is 3. The molecular formula is C24H14F6N4O2. The van der Waals surface area contributed by atoms with E-state index in [-0.39, 0.29) is 28.8 Å². The summed E-state index contributed by atoms with van der Waals surface area (Å²) in [6, 6.07) is 12.7. The molecule has 0 saturated carbocycles. The van der Waals surface area contributed by atoms with Crippen LogP contribution in [-0.2, 0) is 12.6 Å². The lowest BCUT2D eigenvalue weighted by Gasteiger charge is -2.13. The van der Waals surface area contributed by atoms with Crippen LogP contribution in [0.2, 0.25) is 0 Å². The maximum absolute atomic E-state index is 13.6. The molecule has 5 aromatic rings. The van der Waals surface area contributed by atoms with Crippen LogP contribution in [-0.4, -0.2) is 26.1 Å². The second kappa shape index (κ2) is 8.40. The van der Waals surface area contributed by atoms with Crippen LogP contribution in [0.1, 0.15) is 16.8 Å². The molecule has 12 heteroatoms. The first-order valence-corrected chi connectivity index (χ1v) is 10.4. The van der Waals surface area contributed by atoms with Gasteiger partial charge in [0.1, 0.15) is 11.4 Å². The molecule has 0 bridgehead atoms. The zero-order valence-corrected chi connectivity index (χ0v) is 18.0. The first kappa shape index (κ1) is 23.4. The molecule has 2 aromatic carbocycles. The summed E-state index contributed by atoms with van der Waals surface area (Å²) in [5.41, 5.74) is -0.665. The van der Waals surface area contributed by atoms with E-state index < -0.39 is 29.4 Å². The predicted octanol–water partition coefficient (Wildman–Crippen LogP) is 5.77. The summed E-state index contributed by atoms with van der Waals surface area (Å²) in [5.74, 6) is -0.434. The zero-order valence-electron chi connectivity index (χ0n) is 18.0. The summed E-state index contributed by atoms with van der Waals surface area (Å²) in [7, 11) is 0. The van der Waals surface area contributed by atoms with Crippen LogP contribution in [0.25, 0.3) is 27.6 Å². The van der Waals surface area contributed by atoms with Crippen molar-refractivity contribution < 1.29 is 31.1 Å². The van der Waals surface area contributed by atoms with Crippen molar-refractivity contribution in [2.75, 3.05) is 0 Å². The highest BCUT2D eigenvalue weighted by Gasteiger charge is 2.32. The summed E-state index contributed by atoms with van der Waals surface area (Å²) in [5, 5.41) is 7.46. The molecule has 3 aromatic heterocycles. The maximum atomic E-state index is 13.6. The van der Waals surface area contributed by atoms with Crippen molar-refractivity contribution in [2.45, 2.75) is 19.0 Å². The van der Waals surface area contributed by atoms with Crippen molar-refractivity contribution in [1.82, 2.24) is 19.7 Å². The Morgan fingerprint density at radius 1 is 0.944 bits per heavy atom. The molecule has 0 fully saturated rings. The molecule has 1 N–H and O–H groups in total. The molecule has 0 aliphatic carbocycles. The molecule has 6 nitrogen and oxygen atoms in total. The second-order valence-corrected chi connectivity index (χ2v) is 7.86. The fraction of sp³-hybridized carbons (Fsp3) is 0.125. The highest BCUT2D eigenvalue weighted by molar-refractivity contribution is 6.03. The molecule has 0 aliphatic heterocycles. The average molecular weight is 504 g/mol. The van der Waals surface area contributed by atoms with Gasteiger partial charge in [-0.3, -0.25) is 14.5 Å². The van der Waals surface area contributed by atoms with Gasteiger partial charge < -0.3 is 4.74 Å². The van der Waals surface area contributed by atoms with Gasteiger partial charge in [-0.25, -0.2) is 4.98 Å². The van der Waals surface area contributed by atoms with Crippen molar-refractivity contribution in [1.29, 1.82) is 0 Å². The number of alkyl halides is 6. The molecule has 3 heterocycles. The third-order valence-electron chi connectivity index (χ3n) is 5.46. The van der Waals surface area contributed by atoms with Gasteiger partial charge in [0.15, 0.2) is 0 Å². The number of halogens is 6. The number of fused-ring (bicyclic) bond motifs is 3. The Morgan fingerprint density at radius 2 is 1.72 bits per heavy atom. The number of nitrogens with one attached hydrogen (secondary N) is 1. The van der Waals surface area contributed by atoms with Crippen molar-refractivity contribution in [3.8, 4) is 11.4 Å². The molecular weight excluding hydrogens is 490 g/mol. The average Bonchev–Trinajstić information content (AvgIpc) is 3.22. The van der Waals surface area contributed by atoms with Crippen LogP contribution in [0, 0.1) is 0 Å². The number of aromatic amines is 1. The van der Waals surface area contributed by atoms with Gasteiger partial charge in [0, 0.05) is 18.0 Å². The summed E-state index contributed by atoms with van der Waals surface area (Å²) in [6.07, 6.45) is -8.14. The van der Waals surface area contributed by atoms with Gasteiger partial charge >= 0.3 is 12.5 Å². The smallest absolute Gasteiger partial charge is 0.406 e. The van der Waals surface area contributed by atoms with Crippen LogP contribution in [0.3, 0.4) is 0 Å². The Labute approximate surface area is 197 Å². The Hall–Kier alpha value is -4.35. The van der Waals surface area contributed by atoms with E-state index in [1.165, 1.54) is 36.5 Å². The molecule has 0 atom stereocenters. The van der Waals surface area contributed by atoms with Gasteiger partial charge in [-0.15, -0.1) is 13.2 Å². The van der Waals surface area contributed by atoms with Gasteiger partial charge in [-0.1, -0.05) is 18.2 Å². The number of H-pyrrole nitrogens is 1. The molecule has 0 radical (unpaired) electrons. The lowest BCUT2D eigenvalue weighted by molar-refractivity contribution is -0.274. The van der Waals surface area contributed by atoms with Crippen LogP contribution in [0.4, 0.5) is 26.3 Å². The van der Waals surface area contributed by atoms with Gasteiger partial charge in [-0.05, 0) is 48.0 Å². The van der Waals surface area contributed by atoms with Crippen LogP contribution in [0.5, 0.6) is 5.75 Å². The maximum Gasteiger partial charge on any atom is 0.573 e. The molecule has 5 rings (SSSR count). The summed E-state index contributed by atoms with van der Waals surface area (Å²) >= 11 is 0. The van der Waals surface area contributed by atoms with E-state index in [0.29, 0.717) is 16.5 Å². The van der Waals surface area contributed by atoms with Crippen LogP contribution >= 0.6 is 0 Å². The predicted molar refractivity (Wildman–Crippen MR) is 118 cm³/mol. The van der Waals surface area contributed by atoms with Gasteiger partial charge in [0.2, 0.25) is 0 Å². The number of hydrogen-bond donors (Lipinski definition) is 1. The fourth-order valence-electron chi connectivity index (χ4n) is 4.02. The minimum absolute atomic E-state index is 0.0430. The quantitative estimate of drug-likeness (QED) is 0.316. The molecule has 0 spiro atoms. The van der Waals surface area contributed by atoms with Crippen LogP contribution in [0.15, 0.2) is 71.7 Å². The van der Waals surface area contributed by atoms with E-state index in [2.05, 4.69) is 19.9 Å². The Balaban J connectivity index is 1.69. The molecule has 36 heavy (non-hydrogen) atoms. The normalized spacial score (nSPS) is 12.4. The third kappa shape index (κ3) is 4.37. The van der Waals surface area contributed by atoms with E-state index in [1.54, 1.807) is 12.1 Å². The molecule has 0 aliphatic rings.